The van der Waals surface area contributed by atoms with E-state index in [1.165, 1.54) is 22.5 Å². The Morgan fingerprint density at radius 1 is 1.25 bits per heavy atom. The average Bonchev–Trinajstić information content (AvgIpc) is 3.12. The van der Waals surface area contributed by atoms with Crippen LogP contribution in [0, 0.1) is 13.8 Å². The summed E-state index contributed by atoms with van der Waals surface area (Å²) in [6.07, 6.45) is 0. The molecule has 28 heavy (non-hydrogen) atoms. The third-order valence-corrected chi connectivity index (χ3v) is 6.05. The molecule has 2 N–H and O–H groups in total. The molecule has 0 aliphatic carbocycles. The van der Waals surface area contributed by atoms with Gasteiger partial charge < -0.3 is 15.0 Å². The van der Waals surface area contributed by atoms with Crippen LogP contribution in [-0.2, 0) is 11.3 Å². The molecule has 1 saturated heterocycles. The predicted molar refractivity (Wildman–Crippen MR) is 114 cm³/mol. The van der Waals surface area contributed by atoms with E-state index < -0.39 is 0 Å². The van der Waals surface area contributed by atoms with Crippen molar-refractivity contribution in [2.45, 2.75) is 20.4 Å². The third kappa shape index (κ3) is 4.17. The standard InChI is InChI=1S/C21H26N4O2S/c1-14-3-4-15(2)16(11-14)17-13-28-21-19(17)20(26)23-18(24-21)12-22-5-6-25-7-9-27-10-8-25/h3-4,11,13,22H,5-10,12H2,1-2H3,(H,23,24,26). The molecule has 0 atom stereocenters. The minimum absolute atomic E-state index is 0.0628. The SMILES string of the molecule is Cc1ccc(C)c(-c2csc3nc(CNCCN4CCOCC4)[nH]c(=O)c23)c1. The van der Waals surface area contributed by atoms with Crippen LogP contribution in [0.3, 0.4) is 0 Å². The number of aromatic nitrogens is 2. The number of hydrogen-bond acceptors (Lipinski definition) is 6. The Labute approximate surface area is 168 Å². The van der Waals surface area contributed by atoms with Crippen molar-refractivity contribution in [1.29, 1.82) is 0 Å². The Morgan fingerprint density at radius 3 is 2.89 bits per heavy atom. The first-order valence-electron chi connectivity index (χ1n) is 9.70. The maximum atomic E-state index is 12.8. The van der Waals surface area contributed by atoms with Crippen LogP contribution in [0.4, 0.5) is 0 Å². The lowest BCUT2D eigenvalue weighted by atomic mass is 9.99. The van der Waals surface area contributed by atoms with Crippen molar-refractivity contribution in [1.82, 2.24) is 20.2 Å². The number of hydrogen-bond donors (Lipinski definition) is 2. The molecule has 6 nitrogen and oxygen atoms in total. The molecule has 0 bridgehead atoms. The van der Waals surface area contributed by atoms with E-state index in [1.807, 2.05) is 5.38 Å². The molecule has 148 valence electrons. The topological polar surface area (TPSA) is 70.2 Å². The van der Waals surface area contributed by atoms with Gasteiger partial charge in [0.05, 0.1) is 25.1 Å². The number of nitrogens with zero attached hydrogens (tertiary/aromatic N) is 2. The number of H-pyrrole nitrogens is 1. The molecule has 0 radical (unpaired) electrons. The fraction of sp³-hybridized carbons (Fsp3) is 0.429. The zero-order chi connectivity index (χ0) is 19.5. The predicted octanol–water partition coefficient (Wildman–Crippen LogP) is 2.69. The van der Waals surface area contributed by atoms with E-state index in [9.17, 15) is 4.79 Å². The Morgan fingerprint density at radius 2 is 2.07 bits per heavy atom. The molecular weight excluding hydrogens is 372 g/mol. The number of morpholine rings is 1. The Bertz CT molecular complexity index is 1020. The van der Waals surface area contributed by atoms with Gasteiger partial charge >= 0.3 is 0 Å². The van der Waals surface area contributed by atoms with E-state index in [4.69, 9.17) is 4.74 Å². The maximum Gasteiger partial charge on any atom is 0.260 e. The molecule has 0 amide bonds. The summed E-state index contributed by atoms with van der Waals surface area (Å²) in [4.78, 5) is 23.6. The summed E-state index contributed by atoms with van der Waals surface area (Å²) in [7, 11) is 0. The molecule has 1 fully saturated rings. The van der Waals surface area contributed by atoms with Gasteiger partial charge in [-0.3, -0.25) is 9.69 Å². The molecule has 3 aromatic rings. The fourth-order valence-corrected chi connectivity index (χ4v) is 4.53. The summed E-state index contributed by atoms with van der Waals surface area (Å²) in [6, 6.07) is 6.33. The highest BCUT2D eigenvalue weighted by Gasteiger charge is 2.15. The second kappa shape index (κ2) is 8.53. The van der Waals surface area contributed by atoms with Gasteiger partial charge in [0.2, 0.25) is 0 Å². The van der Waals surface area contributed by atoms with Gasteiger partial charge in [-0.05, 0) is 25.0 Å². The summed E-state index contributed by atoms with van der Waals surface area (Å²) in [5.74, 6) is 0.689. The van der Waals surface area contributed by atoms with Crippen molar-refractivity contribution in [3.8, 4) is 11.1 Å². The van der Waals surface area contributed by atoms with Crippen LogP contribution in [0.5, 0.6) is 0 Å². The highest BCUT2D eigenvalue weighted by atomic mass is 32.1. The molecule has 3 heterocycles. The van der Waals surface area contributed by atoms with E-state index in [0.717, 1.165) is 55.4 Å². The summed E-state index contributed by atoms with van der Waals surface area (Å²) in [5, 5.41) is 6.12. The molecule has 7 heteroatoms. The van der Waals surface area contributed by atoms with E-state index in [2.05, 4.69) is 52.2 Å². The van der Waals surface area contributed by atoms with Crippen molar-refractivity contribution in [2.75, 3.05) is 39.4 Å². The number of aryl methyl sites for hydroxylation is 2. The average molecular weight is 399 g/mol. The molecule has 1 aliphatic rings. The van der Waals surface area contributed by atoms with Crippen LogP contribution in [-0.4, -0.2) is 54.3 Å². The van der Waals surface area contributed by atoms with Crippen molar-refractivity contribution in [3.63, 3.8) is 0 Å². The smallest absolute Gasteiger partial charge is 0.260 e. The van der Waals surface area contributed by atoms with E-state index in [1.54, 1.807) is 0 Å². The molecule has 1 aromatic carbocycles. The summed E-state index contributed by atoms with van der Waals surface area (Å²) >= 11 is 1.53. The van der Waals surface area contributed by atoms with Crippen molar-refractivity contribution in [3.05, 3.63) is 50.9 Å². The van der Waals surface area contributed by atoms with Gasteiger partial charge in [0.15, 0.2) is 0 Å². The van der Waals surface area contributed by atoms with E-state index in [-0.39, 0.29) is 5.56 Å². The summed E-state index contributed by atoms with van der Waals surface area (Å²) in [6.45, 7) is 10.1. The first-order chi connectivity index (χ1) is 13.6. The van der Waals surface area contributed by atoms with Crippen molar-refractivity contribution >= 4 is 21.6 Å². The number of ether oxygens (including phenoxy) is 1. The summed E-state index contributed by atoms with van der Waals surface area (Å²) in [5.41, 5.74) is 4.37. The fourth-order valence-electron chi connectivity index (χ4n) is 3.57. The van der Waals surface area contributed by atoms with Gasteiger partial charge in [-0.1, -0.05) is 23.8 Å². The first kappa shape index (κ1) is 19.3. The molecular formula is C21H26N4O2S. The molecule has 4 rings (SSSR count). The number of thiophene rings is 1. The molecule has 2 aromatic heterocycles. The van der Waals surface area contributed by atoms with Gasteiger partial charge in [0.1, 0.15) is 10.7 Å². The minimum Gasteiger partial charge on any atom is -0.379 e. The molecule has 0 unspecified atom stereocenters. The highest BCUT2D eigenvalue weighted by Crippen LogP contribution is 2.33. The lowest BCUT2D eigenvalue weighted by molar-refractivity contribution is 0.0384. The van der Waals surface area contributed by atoms with Crippen molar-refractivity contribution < 1.29 is 4.74 Å². The Hall–Kier alpha value is -2.06. The van der Waals surface area contributed by atoms with Crippen LogP contribution < -0.4 is 10.9 Å². The zero-order valence-corrected chi connectivity index (χ0v) is 17.2. The summed E-state index contributed by atoms with van der Waals surface area (Å²) < 4.78 is 5.37. The van der Waals surface area contributed by atoms with E-state index in [0.29, 0.717) is 17.8 Å². The van der Waals surface area contributed by atoms with E-state index >= 15 is 0 Å². The van der Waals surface area contributed by atoms with Crippen molar-refractivity contribution in [2.24, 2.45) is 0 Å². The van der Waals surface area contributed by atoms with Crippen LogP contribution in [0.25, 0.3) is 21.3 Å². The lowest BCUT2D eigenvalue weighted by Crippen LogP contribution is -2.40. The number of rotatable bonds is 6. The minimum atomic E-state index is -0.0628. The van der Waals surface area contributed by atoms with Gasteiger partial charge in [0.25, 0.3) is 5.56 Å². The molecule has 0 saturated carbocycles. The Balaban J connectivity index is 1.48. The number of nitrogens with one attached hydrogen (secondary N) is 2. The van der Waals surface area contributed by atoms with Gasteiger partial charge in [0, 0.05) is 37.1 Å². The third-order valence-electron chi connectivity index (χ3n) is 5.18. The normalized spacial score (nSPS) is 15.4. The van der Waals surface area contributed by atoms with Gasteiger partial charge in [-0.25, -0.2) is 4.98 Å². The quantitative estimate of drug-likeness (QED) is 0.625. The van der Waals surface area contributed by atoms with Crippen LogP contribution >= 0.6 is 11.3 Å². The largest absolute Gasteiger partial charge is 0.379 e. The van der Waals surface area contributed by atoms with Crippen LogP contribution in [0.1, 0.15) is 17.0 Å². The first-order valence-corrected chi connectivity index (χ1v) is 10.6. The second-order valence-corrected chi connectivity index (χ2v) is 8.15. The highest BCUT2D eigenvalue weighted by molar-refractivity contribution is 7.17. The molecule has 1 aliphatic heterocycles. The zero-order valence-electron chi connectivity index (χ0n) is 16.4. The number of benzene rings is 1. The monoisotopic (exact) mass is 398 g/mol. The number of aromatic amines is 1. The van der Waals surface area contributed by atoms with Crippen LogP contribution in [0.2, 0.25) is 0 Å². The van der Waals surface area contributed by atoms with Gasteiger partial charge in [-0.15, -0.1) is 11.3 Å². The van der Waals surface area contributed by atoms with Crippen LogP contribution in [0.15, 0.2) is 28.4 Å². The second-order valence-electron chi connectivity index (χ2n) is 7.29. The Kier molecular flexibility index (Phi) is 5.87. The number of fused-ring (bicyclic) bond motifs is 1. The van der Waals surface area contributed by atoms with Gasteiger partial charge in [-0.2, -0.15) is 0 Å². The lowest BCUT2D eigenvalue weighted by Gasteiger charge is -2.26. The molecule has 0 spiro atoms. The maximum absolute atomic E-state index is 12.8.